The molecule has 1 saturated heterocycles. The fraction of sp³-hybridized carbons (Fsp3) is 0.429. The number of fused-ring (bicyclic) bond motifs is 1. The van der Waals surface area contributed by atoms with Gasteiger partial charge < -0.3 is 10.2 Å². The Hall–Kier alpha value is -2.18. The van der Waals surface area contributed by atoms with Gasteiger partial charge in [0.1, 0.15) is 0 Å². The van der Waals surface area contributed by atoms with Gasteiger partial charge in [-0.25, -0.2) is 0 Å². The first kappa shape index (κ1) is 18.2. The van der Waals surface area contributed by atoms with Gasteiger partial charge in [0.15, 0.2) is 0 Å². The molecule has 5 nitrogen and oxygen atoms in total. The summed E-state index contributed by atoms with van der Waals surface area (Å²) in [6.45, 7) is 3.20. The van der Waals surface area contributed by atoms with Crippen LogP contribution in [0.2, 0.25) is 0 Å². The second-order valence-electron chi connectivity index (χ2n) is 7.25. The summed E-state index contributed by atoms with van der Waals surface area (Å²) in [6.07, 6.45) is 4.72. The Morgan fingerprint density at radius 2 is 1.74 bits per heavy atom. The molecule has 4 rings (SSSR count). The molecule has 1 aliphatic heterocycles. The zero-order valence-corrected chi connectivity index (χ0v) is 16.3. The largest absolute Gasteiger partial charge is 0.335 e. The number of benzene rings is 1. The van der Waals surface area contributed by atoms with E-state index in [-0.39, 0.29) is 11.8 Å². The van der Waals surface area contributed by atoms with E-state index in [4.69, 9.17) is 0 Å². The minimum Gasteiger partial charge on any atom is -0.335 e. The van der Waals surface area contributed by atoms with Gasteiger partial charge in [-0.3, -0.25) is 14.5 Å². The van der Waals surface area contributed by atoms with E-state index >= 15 is 0 Å². The lowest BCUT2D eigenvalue weighted by molar-refractivity contribution is -0.117. The van der Waals surface area contributed by atoms with Crippen molar-refractivity contribution in [2.45, 2.75) is 25.7 Å². The van der Waals surface area contributed by atoms with Crippen LogP contribution >= 0.6 is 11.3 Å². The van der Waals surface area contributed by atoms with Crippen LogP contribution in [0.15, 0.2) is 36.4 Å². The number of anilines is 1. The van der Waals surface area contributed by atoms with Gasteiger partial charge in [0.2, 0.25) is 5.91 Å². The van der Waals surface area contributed by atoms with Gasteiger partial charge in [-0.1, -0.05) is 18.2 Å². The van der Waals surface area contributed by atoms with Gasteiger partial charge in [-0.15, -0.1) is 11.3 Å². The first-order chi connectivity index (χ1) is 13.2. The summed E-state index contributed by atoms with van der Waals surface area (Å²) >= 11 is 1.68. The fourth-order valence-corrected chi connectivity index (χ4v) is 5.01. The summed E-state index contributed by atoms with van der Waals surface area (Å²) in [5.41, 5.74) is 2.20. The van der Waals surface area contributed by atoms with Crippen molar-refractivity contribution in [1.82, 2.24) is 9.80 Å². The highest BCUT2D eigenvalue weighted by atomic mass is 32.1. The van der Waals surface area contributed by atoms with Crippen LogP contribution in [0.5, 0.6) is 0 Å². The Kier molecular flexibility index (Phi) is 5.55. The highest BCUT2D eigenvalue weighted by Crippen LogP contribution is 2.30. The van der Waals surface area contributed by atoms with Crippen LogP contribution in [-0.4, -0.2) is 54.3 Å². The van der Waals surface area contributed by atoms with E-state index in [1.807, 2.05) is 35.2 Å². The molecular weight excluding hydrogens is 358 g/mol. The Morgan fingerprint density at radius 1 is 1.00 bits per heavy atom. The van der Waals surface area contributed by atoms with E-state index in [1.165, 1.54) is 23.3 Å². The van der Waals surface area contributed by atoms with Crippen molar-refractivity contribution in [3.05, 3.63) is 51.7 Å². The van der Waals surface area contributed by atoms with E-state index < -0.39 is 0 Å². The lowest BCUT2D eigenvalue weighted by atomic mass is 9.99. The van der Waals surface area contributed by atoms with Crippen LogP contribution < -0.4 is 5.32 Å². The number of carbonyl (C=O) groups excluding carboxylic acids is 2. The Balaban J connectivity index is 1.28. The van der Waals surface area contributed by atoms with Crippen LogP contribution in [-0.2, 0) is 17.6 Å². The van der Waals surface area contributed by atoms with Crippen molar-refractivity contribution in [3.8, 4) is 0 Å². The molecule has 27 heavy (non-hydrogen) atoms. The van der Waals surface area contributed by atoms with Crippen molar-refractivity contribution >= 4 is 28.8 Å². The average molecular weight is 384 g/mol. The van der Waals surface area contributed by atoms with Crippen LogP contribution in [0.3, 0.4) is 0 Å². The summed E-state index contributed by atoms with van der Waals surface area (Å²) < 4.78 is 0. The van der Waals surface area contributed by atoms with Crippen molar-refractivity contribution in [2.75, 3.05) is 38.0 Å². The lowest BCUT2D eigenvalue weighted by Crippen LogP contribution is -2.50. The topological polar surface area (TPSA) is 52.7 Å². The quantitative estimate of drug-likeness (QED) is 0.883. The number of nitrogens with one attached hydrogen (secondary N) is 1. The molecule has 0 bridgehead atoms. The number of para-hydroxylation sites is 1. The molecule has 2 aliphatic rings. The summed E-state index contributed by atoms with van der Waals surface area (Å²) in [4.78, 5) is 31.4. The van der Waals surface area contributed by atoms with Gasteiger partial charge in [0, 0.05) is 36.7 Å². The molecule has 1 aliphatic carbocycles. The Morgan fingerprint density at radius 3 is 2.48 bits per heavy atom. The van der Waals surface area contributed by atoms with Crippen LogP contribution in [0, 0.1) is 0 Å². The number of thiophene rings is 1. The van der Waals surface area contributed by atoms with Crippen molar-refractivity contribution in [3.63, 3.8) is 0 Å². The van der Waals surface area contributed by atoms with Gasteiger partial charge in [0.05, 0.1) is 11.4 Å². The maximum Gasteiger partial charge on any atom is 0.264 e. The van der Waals surface area contributed by atoms with Crippen LogP contribution in [0.1, 0.15) is 33.0 Å². The van der Waals surface area contributed by atoms with Crippen LogP contribution in [0.4, 0.5) is 5.69 Å². The number of aryl methyl sites for hydroxylation is 2. The van der Waals surface area contributed by atoms with E-state index in [9.17, 15) is 9.59 Å². The number of rotatable bonds is 4. The molecule has 0 saturated carbocycles. The van der Waals surface area contributed by atoms with E-state index in [2.05, 4.69) is 16.3 Å². The predicted molar refractivity (Wildman–Crippen MR) is 108 cm³/mol. The second kappa shape index (κ2) is 8.23. The monoisotopic (exact) mass is 383 g/mol. The first-order valence-electron chi connectivity index (χ1n) is 9.67. The molecule has 0 spiro atoms. The number of piperazine rings is 1. The predicted octanol–water partition coefficient (Wildman–Crippen LogP) is 3.02. The SMILES string of the molecule is O=C(CN1CCN(C(=O)c2cc3c(s2)CCCC3)CC1)Nc1ccccc1. The van der Waals surface area contributed by atoms with Crippen molar-refractivity contribution in [1.29, 1.82) is 0 Å². The third kappa shape index (κ3) is 4.39. The minimum absolute atomic E-state index is 0.00749. The van der Waals surface area contributed by atoms with Gasteiger partial charge in [-0.2, -0.15) is 0 Å². The van der Waals surface area contributed by atoms with E-state index in [0.717, 1.165) is 36.5 Å². The molecule has 6 heteroatoms. The average Bonchev–Trinajstić information content (AvgIpc) is 3.13. The molecule has 142 valence electrons. The highest BCUT2D eigenvalue weighted by Gasteiger charge is 2.25. The zero-order valence-electron chi connectivity index (χ0n) is 15.4. The third-order valence-corrected chi connectivity index (χ3v) is 6.52. The van der Waals surface area contributed by atoms with E-state index in [0.29, 0.717) is 19.6 Å². The normalized spacial score (nSPS) is 17.4. The maximum absolute atomic E-state index is 12.8. The van der Waals surface area contributed by atoms with E-state index in [1.54, 1.807) is 11.3 Å². The summed E-state index contributed by atoms with van der Waals surface area (Å²) in [5, 5.41) is 2.92. The molecule has 0 radical (unpaired) electrons. The molecule has 1 fully saturated rings. The summed E-state index contributed by atoms with van der Waals surface area (Å²) in [7, 11) is 0. The van der Waals surface area contributed by atoms with Crippen LogP contribution in [0.25, 0.3) is 0 Å². The molecule has 2 amide bonds. The number of hydrogen-bond donors (Lipinski definition) is 1. The fourth-order valence-electron chi connectivity index (χ4n) is 3.79. The summed E-state index contributed by atoms with van der Waals surface area (Å²) in [5.74, 6) is 0.148. The number of hydrogen-bond acceptors (Lipinski definition) is 4. The third-order valence-electron chi connectivity index (χ3n) is 5.29. The molecular formula is C21H25N3O2S. The Bertz CT molecular complexity index is 787. The number of carbonyl (C=O) groups is 2. The number of amides is 2. The summed E-state index contributed by atoms with van der Waals surface area (Å²) in [6, 6.07) is 11.6. The molecule has 2 heterocycles. The standard InChI is InChI=1S/C21H25N3O2S/c25-20(22-17-7-2-1-3-8-17)15-23-10-12-24(13-11-23)21(26)19-14-16-6-4-5-9-18(16)27-19/h1-3,7-8,14H,4-6,9-13,15H2,(H,22,25). The van der Waals surface area contributed by atoms with Crippen molar-refractivity contribution in [2.24, 2.45) is 0 Å². The molecule has 0 atom stereocenters. The van der Waals surface area contributed by atoms with Gasteiger partial charge >= 0.3 is 0 Å². The lowest BCUT2D eigenvalue weighted by Gasteiger charge is -2.34. The minimum atomic E-state index is -0.00749. The zero-order chi connectivity index (χ0) is 18.6. The molecule has 1 aromatic carbocycles. The van der Waals surface area contributed by atoms with Gasteiger partial charge in [0.25, 0.3) is 5.91 Å². The maximum atomic E-state index is 12.8. The molecule has 1 aromatic heterocycles. The second-order valence-corrected chi connectivity index (χ2v) is 8.39. The van der Waals surface area contributed by atoms with Gasteiger partial charge in [-0.05, 0) is 49.4 Å². The Labute approximate surface area is 164 Å². The number of nitrogens with zero attached hydrogens (tertiary/aromatic N) is 2. The highest BCUT2D eigenvalue weighted by molar-refractivity contribution is 7.14. The molecule has 0 unspecified atom stereocenters. The smallest absolute Gasteiger partial charge is 0.264 e. The van der Waals surface area contributed by atoms with Crippen molar-refractivity contribution < 1.29 is 9.59 Å². The molecule has 2 aromatic rings. The first-order valence-corrected chi connectivity index (χ1v) is 10.5. The molecule has 1 N–H and O–H groups in total.